The average molecular weight is 303 g/mol. The Hall–Kier alpha value is -1.72. The van der Waals surface area contributed by atoms with Crippen LogP contribution in [0.2, 0.25) is 0 Å². The molecule has 1 unspecified atom stereocenters. The van der Waals surface area contributed by atoms with Crippen LogP contribution in [-0.2, 0) is 18.3 Å². The van der Waals surface area contributed by atoms with Crippen molar-refractivity contribution in [2.75, 3.05) is 26.8 Å². The molecule has 1 aliphatic heterocycles. The molecule has 2 heterocycles. The van der Waals surface area contributed by atoms with Gasteiger partial charge in [-0.3, -0.25) is 9.58 Å². The lowest BCUT2D eigenvalue weighted by atomic mass is 10.1. The summed E-state index contributed by atoms with van der Waals surface area (Å²) in [5, 5.41) is 4.46. The zero-order chi connectivity index (χ0) is 15.5. The normalized spacial score (nSPS) is 19.0. The Balaban J connectivity index is 1.79. The van der Waals surface area contributed by atoms with E-state index in [0.29, 0.717) is 11.5 Å². The van der Waals surface area contributed by atoms with Crippen molar-refractivity contribution in [3.8, 4) is 11.3 Å². The van der Waals surface area contributed by atoms with E-state index in [1.807, 2.05) is 19.3 Å². The van der Waals surface area contributed by atoms with Crippen LogP contribution in [0, 0.1) is 11.7 Å². The molecule has 1 aromatic carbocycles. The monoisotopic (exact) mass is 303 g/mol. The fourth-order valence-electron chi connectivity index (χ4n) is 3.20. The first-order chi connectivity index (χ1) is 10.7. The van der Waals surface area contributed by atoms with Gasteiger partial charge in [0.1, 0.15) is 5.82 Å². The molecule has 1 atom stereocenters. The van der Waals surface area contributed by atoms with E-state index in [-0.39, 0.29) is 5.82 Å². The summed E-state index contributed by atoms with van der Waals surface area (Å²) >= 11 is 0. The number of ether oxygens (including phenoxy) is 1. The quantitative estimate of drug-likeness (QED) is 0.851. The van der Waals surface area contributed by atoms with Crippen LogP contribution >= 0.6 is 0 Å². The number of benzene rings is 1. The summed E-state index contributed by atoms with van der Waals surface area (Å²) in [6, 6.07) is 6.83. The highest BCUT2D eigenvalue weighted by atomic mass is 19.1. The van der Waals surface area contributed by atoms with E-state index in [9.17, 15) is 4.39 Å². The summed E-state index contributed by atoms with van der Waals surface area (Å²) in [4.78, 5) is 2.39. The number of hydrogen-bond acceptors (Lipinski definition) is 3. The van der Waals surface area contributed by atoms with Crippen LogP contribution in [0.15, 0.2) is 30.5 Å². The molecule has 0 N–H and O–H groups in total. The molecule has 2 aromatic rings. The van der Waals surface area contributed by atoms with Gasteiger partial charge in [0.15, 0.2) is 0 Å². The lowest BCUT2D eigenvalue weighted by Crippen LogP contribution is -2.21. The second-order valence-corrected chi connectivity index (χ2v) is 6.00. The molecule has 3 rings (SSSR count). The van der Waals surface area contributed by atoms with Crippen molar-refractivity contribution < 1.29 is 9.13 Å². The van der Waals surface area contributed by atoms with Gasteiger partial charge in [0.25, 0.3) is 0 Å². The third kappa shape index (κ3) is 3.20. The van der Waals surface area contributed by atoms with Crippen LogP contribution in [0.5, 0.6) is 0 Å². The number of aromatic nitrogens is 2. The Bertz CT molecular complexity index is 641. The molecule has 1 saturated heterocycles. The molecule has 22 heavy (non-hydrogen) atoms. The molecule has 0 saturated carbocycles. The molecular weight excluding hydrogens is 281 g/mol. The van der Waals surface area contributed by atoms with Gasteiger partial charge in [0.05, 0.1) is 12.3 Å². The molecule has 0 amide bonds. The maximum Gasteiger partial charge on any atom is 0.132 e. The number of methoxy groups -OCH3 is 1. The number of aryl methyl sites for hydroxylation is 1. The predicted molar refractivity (Wildman–Crippen MR) is 83.9 cm³/mol. The first-order valence-electron chi connectivity index (χ1n) is 7.66. The molecule has 118 valence electrons. The Morgan fingerprint density at radius 3 is 2.95 bits per heavy atom. The van der Waals surface area contributed by atoms with Crippen LogP contribution in [0.3, 0.4) is 0 Å². The molecule has 0 radical (unpaired) electrons. The second kappa shape index (κ2) is 6.58. The first-order valence-corrected chi connectivity index (χ1v) is 7.66. The minimum absolute atomic E-state index is 0.221. The Morgan fingerprint density at radius 1 is 1.36 bits per heavy atom. The van der Waals surface area contributed by atoms with Gasteiger partial charge >= 0.3 is 0 Å². The topological polar surface area (TPSA) is 30.3 Å². The highest BCUT2D eigenvalue weighted by molar-refractivity contribution is 5.63. The van der Waals surface area contributed by atoms with Crippen molar-refractivity contribution in [3.05, 3.63) is 41.8 Å². The summed E-state index contributed by atoms with van der Waals surface area (Å²) in [7, 11) is 3.63. The third-order valence-corrected chi connectivity index (χ3v) is 4.20. The van der Waals surface area contributed by atoms with Crippen molar-refractivity contribution in [1.29, 1.82) is 0 Å². The van der Waals surface area contributed by atoms with Crippen molar-refractivity contribution in [3.63, 3.8) is 0 Å². The van der Waals surface area contributed by atoms with Gasteiger partial charge in [-0.05, 0) is 31.0 Å². The molecule has 1 aliphatic rings. The number of nitrogens with zero attached hydrogens (tertiary/aromatic N) is 3. The van der Waals surface area contributed by atoms with E-state index < -0.39 is 0 Å². The highest BCUT2D eigenvalue weighted by Gasteiger charge is 2.24. The Morgan fingerprint density at radius 2 is 2.18 bits per heavy atom. The minimum Gasteiger partial charge on any atom is -0.384 e. The van der Waals surface area contributed by atoms with E-state index in [2.05, 4.69) is 10.00 Å². The van der Waals surface area contributed by atoms with Crippen LogP contribution in [0.1, 0.15) is 12.0 Å². The van der Waals surface area contributed by atoms with Gasteiger partial charge in [0.2, 0.25) is 0 Å². The highest BCUT2D eigenvalue weighted by Crippen LogP contribution is 2.27. The van der Waals surface area contributed by atoms with Crippen LogP contribution in [-0.4, -0.2) is 41.5 Å². The molecule has 1 aromatic heterocycles. The number of rotatable bonds is 5. The molecule has 0 spiro atoms. The fourth-order valence-corrected chi connectivity index (χ4v) is 3.20. The summed E-state index contributed by atoms with van der Waals surface area (Å²) in [5.74, 6) is 0.375. The predicted octanol–water partition coefficient (Wildman–Crippen LogP) is 2.69. The Labute approximate surface area is 130 Å². The standard InChI is InChI=1S/C17H22FN3O/c1-20-10-14(11-21-8-7-13(9-21)12-22-2)17(19-20)15-5-3-4-6-16(15)18/h3-6,10,13H,7-9,11-12H2,1-2H3. The third-order valence-electron chi connectivity index (χ3n) is 4.20. The first kappa shape index (κ1) is 15.2. The Kier molecular flexibility index (Phi) is 4.55. The van der Waals surface area contributed by atoms with Crippen molar-refractivity contribution in [2.45, 2.75) is 13.0 Å². The van der Waals surface area contributed by atoms with Gasteiger partial charge in [-0.25, -0.2) is 4.39 Å². The summed E-state index contributed by atoms with van der Waals surface area (Å²) in [6.45, 7) is 3.69. The largest absolute Gasteiger partial charge is 0.384 e. The SMILES string of the molecule is COCC1CCN(Cc2cn(C)nc2-c2ccccc2F)C1. The second-order valence-electron chi connectivity index (χ2n) is 6.00. The number of likely N-dealkylation sites (tertiary alicyclic amines) is 1. The lowest BCUT2D eigenvalue weighted by molar-refractivity contribution is 0.152. The van der Waals surface area contributed by atoms with Crippen LogP contribution < -0.4 is 0 Å². The summed E-state index contributed by atoms with van der Waals surface area (Å²) in [6.07, 6.45) is 3.15. The van der Waals surface area contributed by atoms with E-state index in [1.54, 1.807) is 23.9 Å². The van der Waals surface area contributed by atoms with Gasteiger partial charge in [-0.2, -0.15) is 5.10 Å². The molecule has 1 fully saturated rings. The smallest absolute Gasteiger partial charge is 0.132 e. The minimum atomic E-state index is -0.221. The maximum absolute atomic E-state index is 14.1. The maximum atomic E-state index is 14.1. The lowest BCUT2D eigenvalue weighted by Gasteiger charge is -2.15. The fraction of sp³-hybridized carbons (Fsp3) is 0.471. The molecule has 4 nitrogen and oxygen atoms in total. The number of halogens is 1. The van der Waals surface area contributed by atoms with Crippen molar-refractivity contribution in [2.24, 2.45) is 13.0 Å². The van der Waals surface area contributed by atoms with E-state index in [1.165, 1.54) is 6.07 Å². The van der Waals surface area contributed by atoms with Crippen LogP contribution in [0.25, 0.3) is 11.3 Å². The molecule has 0 bridgehead atoms. The van der Waals surface area contributed by atoms with Gasteiger partial charge in [-0.15, -0.1) is 0 Å². The van der Waals surface area contributed by atoms with Crippen LogP contribution in [0.4, 0.5) is 4.39 Å². The van der Waals surface area contributed by atoms with E-state index in [4.69, 9.17) is 4.74 Å². The van der Waals surface area contributed by atoms with Gasteiger partial charge in [0, 0.05) is 44.6 Å². The zero-order valence-corrected chi connectivity index (χ0v) is 13.1. The van der Waals surface area contributed by atoms with Crippen molar-refractivity contribution in [1.82, 2.24) is 14.7 Å². The molecule has 0 aliphatic carbocycles. The van der Waals surface area contributed by atoms with Crippen molar-refractivity contribution >= 4 is 0 Å². The van der Waals surface area contributed by atoms with Gasteiger partial charge < -0.3 is 4.74 Å². The molecular formula is C17H22FN3O. The van der Waals surface area contributed by atoms with E-state index in [0.717, 1.165) is 43.9 Å². The van der Waals surface area contributed by atoms with Gasteiger partial charge in [-0.1, -0.05) is 12.1 Å². The summed E-state index contributed by atoms with van der Waals surface area (Å²) < 4.78 is 21.1. The average Bonchev–Trinajstić information content (AvgIpc) is 3.07. The summed E-state index contributed by atoms with van der Waals surface area (Å²) in [5.41, 5.74) is 2.40. The molecule has 5 heteroatoms. The van der Waals surface area contributed by atoms with E-state index >= 15 is 0 Å². The number of hydrogen-bond donors (Lipinski definition) is 0. The zero-order valence-electron chi connectivity index (χ0n) is 13.1.